The van der Waals surface area contributed by atoms with Crippen LogP contribution in [-0.4, -0.2) is 17.8 Å². The normalized spacial score (nSPS) is 14.3. The second kappa shape index (κ2) is 12.0. The van der Waals surface area contributed by atoms with Crippen LogP contribution in [-0.2, 0) is 22.8 Å². The van der Waals surface area contributed by atoms with Gasteiger partial charge in [-0.1, -0.05) is 66.2 Å². The van der Waals surface area contributed by atoms with E-state index in [1.54, 1.807) is 42.5 Å². The molecule has 0 radical (unpaired) electrons. The Kier molecular flexibility index (Phi) is 8.07. The molecule has 4 aromatic rings. The number of hydrogen-bond acceptors (Lipinski definition) is 5. The first-order chi connectivity index (χ1) is 19.4. The molecule has 0 atom stereocenters. The molecule has 4 aromatic carbocycles. The van der Waals surface area contributed by atoms with Gasteiger partial charge in [-0.3, -0.25) is 14.9 Å². The highest BCUT2D eigenvalue weighted by atomic mass is 79.9. The van der Waals surface area contributed by atoms with Gasteiger partial charge < -0.3 is 9.47 Å². The lowest BCUT2D eigenvalue weighted by Crippen LogP contribution is -2.54. The number of imide groups is 2. The standard InChI is InChI=1S/C32H25BrN2O5/c1-21-6-5-9-24(16-21)20-40-29-15-10-23(18-28(29)33)17-27-30(36)34-32(38)35(31(27)37)25-11-13-26(14-12-25)39-19-22-7-3-2-4-8-22/h2-18H,19-20H2,1H3,(H,34,36,38)/b27-17+. The third-order valence-corrected chi connectivity index (χ3v) is 6.81. The summed E-state index contributed by atoms with van der Waals surface area (Å²) >= 11 is 3.51. The summed E-state index contributed by atoms with van der Waals surface area (Å²) in [6, 6.07) is 28.7. The third kappa shape index (κ3) is 6.30. The summed E-state index contributed by atoms with van der Waals surface area (Å²) in [5, 5.41) is 2.25. The molecular formula is C32H25BrN2O5. The number of nitrogens with zero attached hydrogens (tertiary/aromatic N) is 1. The van der Waals surface area contributed by atoms with Gasteiger partial charge in [-0.05, 0) is 82.0 Å². The predicted octanol–water partition coefficient (Wildman–Crippen LogP) is 6.58. The molecule has 5 rings (SSSR count). The van der Waals surface area contributed by atoms with Gasteiger partial charge in [0.2, 0.25) is 0 Å². The average Bonchev–Trinajstić information content (AvgIpc) is 2.95. The Balaban J connectivity index is 1.29. The van der Waals surface area contributed by atoms with Gasteiger partial charge in [-0.25, -0.2) is 9.69 Å². The number of benzene rings is 4. The van der Waals surface area contributed by atoms with Gasteiger partial charge in [-0.2, -0.15) is 0 Å². The minimum Gasteiger partial charge on any atom is -0.489 e. The lowest BCUT2D eigenvalue weighted by atomic mass is 10.1. The van der Waals surface area contributed by atoms with Crippen LogP contribution in [0.2, 0.25) is 0 Å². The molecular weight excluding hydrogens is 572 g/mol. The zero-order valence-electron chi connectivity index (χ0n) is 21.6. The van der Waals surface area contributed by atoms with Crippen molar-refractivity contribution in [1.29, 1.82) is 0 Å². The van der Waals surface area contributed by atoms with Crippen LogP contribution in [0, 0.1) is 6.92 Å². The van der Waals surface area contributed by atoms with Crippen molar-refractivity contribution in [1.82, 2.24) is 5.32 Å². The van der Waals surface area contributed by atoms with Crippen molar-refractivity contribution in [2.24, 2.45) is 0 Å². The summed E-state index contributed by atoms with van der Waals surface area (Å²) < 4.78 is 12.4. The van der Waals surface area contributed by atoms with Crippen molar-refractivity contribution >= 4 is 45.5 Å². The lowest BCUT2D eigenvalue weighted by Gasteiger charge is -2.26. The second-order valence-electron chi connectivity index (χ2n) is 9.19. The molecule has 8 heteroatoms. The van der Waals surface area contributed by atoms with Gasteiger partial charge in [0.25, 0.3) is 11.8 Å². The first-order valence-corrected chi connectivity index (χ1v) is 13.3. The Morgan fingerprint density at radius 3 is 2.25 bits per heavy atom. The van der Waals surface area contributed by atoms with E-state index >= 15 is 0 Å². The van der Waals surface area contributed by atoms with E-state index in [-0.39, 0.29) is 5.57 Å². The molecule has 200 valence electrons. The van der Waals surface area contributed by atoms with Crippen LogP contribution < -0.4 is 19.7 Å². The van der Waals surface area contributed by atoms with Crippen LogP contribution in [0.4, 0.5) is 10.5 Å². The molecule has 0 spiro atoms. The number of aryl methyl sites for hydroxylation is 1. The lowest BCUT2D eigenvalue weighted by molar-refractivity contribution is -0.122. The number of hydrogen-bond donors (Lipinski definition) is 1. The zero-order valence-corrected chi connectivity index (χ0v) is 23.2. The van der Waals surface area contributed by atoms with Crippen LogP contribution in [0.25, 0.3) is 6.08 Å². The van der Waals surface area contributed by atoms with Crippen LogP contribution in [0.3, 0.4) is 0 Å². The highest BCUT2D eigenvalue weighted by molar-refractivity contribution is 9.10. The fraction of sp³-hybridized carbons (Fsp3) is 0.0938. The molecule has 0 bridgehead atoms. The number of anilines is 1. The number of nitrogens with one attached hydrogen (secondary N) is 1. The van der Waals surface area contributed by atoms with Crippen molar-refractivity contribution in [2.75, 3.05) is 4.90 Å². The van der Waals surface area contributed by atoms with Crippen molar-refractivity contribution in [2.45, 2.75) is 20.1 Å². The monoisotopic (exact) mass is 596 g/mol. The van der Waals surface area contributed by atoms with Crippen molar-refractivity contribution in [3.8, 4) is 11.5 Å². The van der Waals surface area contributed by atoms with E-state index in [4.69, 9.17) is 9.47 Å². The Labute approximate surface area is 240 Å². The first kappa shape index (κ1) is 26.9. The van der Waals surface area contributed by atoms with Crippen LogP contribution in [0.5, 0.6) is 11.5 Å². The maximum absolute atomic E-state index is 13.3. The van der Waals surface area contributed by atoms with E-state index in [9.17, 15) is 14.4 Å². The molecule has 4 amide bonds. The van der Waals surface area contributed by atoms with Crippen LogP contribution in [0.1, 0.15) is 22.3 Å². The summed E-state index contributed by atoms with van der Waals surface area (Å²) in [5.41, 5.74) is 3.95. The minimum atomic E-state index is -0.814. The van der Waals surface area contributed by atoms with Gasteiger partial charge in [0.1, 0.15) is 30.3 Å². The first-order valence-electron chi connectivity index (χ1n) is 12.5. The summed E-state index contributed by atoms with van der Waals surface area (Å²) in [7, 11) is 0. The smallest absolute Gasteiger partial charge is 0.335 e. The number of barbiturate groups is 1. The van der Waals surface area contributed by atoms with Crippen molar-refractivity contribution < 1.29 is 23.9 Å². The molecule has 1 saturated heterocycles. The molecule has 1 heterocycles. The van der Waals surface area contributed by atoms with Gasteiger partial charge in [0.05, 0.1) is 10.2 Å². The Morgan fingerprint density at radius 1 is 0.800 bits per heavy atom. The third-order valence-electron chi connectivity index (χ3n) is 6.19. The zero-order chi connectivity index (χ0) is 28.1. The van der Waals surface area contributed by atoms with Gasteiger partial charge in [0, 0.05) is 0 Å². The number of rotatable bonds is 8. The summed E-state index contributed by atoms with van der Waals surface area (Å²) in [4.78, 5) is 39.4. The molecule has 1 N–H and O–H groups in total. The average molecular weight is 597 g/mol. The summed E-state index contributed by atoms with van der Waals surface area (Å²) in [6.45, 7) is 2.81. The van der Waals surface area contributed by atoms with Crippen molar-refractivity contribution in [3.05, 3.63) is 129 Å². The molecule has 1 aliphatic rings. The molecule has 7 nitrogen and oxygen atoms in total. The maximum atomic E-state index is 13.3. The predicted molar refractivity (Wildman–Crippen MR) is 156 cm³/mol. The van der Waals surface area contributed by atoms with Crippen LogP contribution >= 0.6 is 15.9 Å². The van der Waals surface area contributed by atoms with Gasteiger partial charge in [0.15, 0.2) is 0 Å². The van der Waals surface area contributed by atoms with Crippen molar-refractivity contribution in [3.63, 3.8) is 0 Å². The largest absolute Gasteiger partial charge is 0.489 e. The van der Waals surface area contributed by atoms with E-state index in [0.29, 0.717) is 40.4 Å². The Hall–Kier alpha value is -4.69. The topological polar surface area (TPSA) is 84.9 Å². The number of carbonyl (C=O) groups is 3. The van der Waals surface area contributed by atoms with Gasteiger partial charge >= 0.3 is 6.03 Å². The molecule has 0 saturated carbocycles. The minimum absolute atomic E-state index is 0.163. The number of ether oxygens (including phenoxy) is 2. The Bertz CT molecular complexity index is 1600. The molecule has 40 heavy (non-hydrogen) atoms. The fourth-order valence-corrected chi connectivity index (χ4v) is 4.69. The summed E-state index contributed by atoms with van der Waals surface area (Å²) in [5.74, 6) is -0.277. The molecule has 1 aliphatic heterocycles. The summed E-state index contributed by atoms with van der Waals surface area (Å²) in [6.07, 6.45) is 1.45. The number of halogens is 1. The van der Waals surface area contributed by atoms with E-state index in [0.717, 1.165) is 21.6 Å². The Morgan fingerprint density at radius 2 is 1.52 bits per heavy atom. The molecule has 0 unspecified atom stereocenters. The highest BCUT2D eigenvalue weighted by Gasteiger charge is 2.36. The second-order valence-corrected chi connectivity index (χ2v) is 10.0. The fourth-order valence-electron chi connectivity index (χ4n) is 4.18. The maximum Gasteiger partial charge on any atom is 0.335 e. The quantitative estimate of drug-likeness (QED) is 0.183. The van der Waals surface area contributed by atoms with Crippen LogP contribution in [0.15, 0.2) is 107 Å². The number of urea groups is 1. The van der Waals surface area contributed by atoms with E-state index in [1.165, 1.54) is 6.08 Å². The molecule has 0 aliphatic carbocycles. The number of carbonyl (C=O) groups excluding carboxylic acids is 3. The van der Waals surface area contributed by atoms with E-state index in [1.807, 2.05) is 55.5 Å². The SMILES string of the molecule is Cc1cccc(COc2ccc(/C=C3\C(=O)NC(=O)N(c4ccc(OCc5ccccc5)cc4)C3=O)cc2Br)c1. The number of amides is 4. The molecule has 1 fully saturated rings. The van der Waals surface area contributed by atoms with Gasteiger partial charge in [-0.15, -0.1) is 0 Å². The van der Waals surface area contributed by atoms with E-state index < -0.39 is 17.8 Å². The molecule has 0 aromatic heterocycles. The highest BCUT2D eigenvalue weighted by Crippen LogP contribution is 2.29. The van der Waals surface area contributed by atoms with E-state index in [2.05, 4.69) is 27.3 Å².